The van der Waals surface area contributed by atoms with Crippen LogP contribution in [0.1, 0.15) is 42.0 Å². The summed E-state index contributed by atoms with van der Waals surface area (Å²) >= 11 is 0. The summed E-state index contributed by atoms with van der Waals surface area (Å²) in [4.78, 5) is 11.3. The maximum absolute atomic E-state index is 11.3. The lowest BCUT2D eigenvalue weighted by atomic mass is 9.91. The smallest absolute Gasteiger partial charge is 0.322 e. The van der Waals surface area contributed by atoms with E-state index in [0.717, 1.165) is 12.8 Å². The average Bonchev–Trinajstić information content (AvgIpc) is 2.43. The van der Waals surface area contributed by atoms with Crippen LogP contribution in [-0.4, -0.2) is 19.1 Å². The molecule has 1 aromatic carbocycles. The SMILES string of the molecule is COC(=O)C(N)CC(C)CCc1ccc(C)c(C)c1C. The van der Waals surface area contributed by atoms with Crippen molar-refractivity contribution < 1.29 is 9.53 Å². The van der Waals surface area contributed by atoms with Crippen LogP contribution in [0.2, 0.25) is 0 Å². The summed E-state index contributed by atoms with van der Waals surface area (Å²) in [5.74, 6) is 0.0873. The summed E-state index contributed by atoms with van der Waals surface area (Å²) in [7, 11) is 1.38. The molecule has 3 heteroatoms. The Labute approximate surface area is 122 Å². The van der Waals surface area contributed by atoms with Gasteiger partial charge in [-0.3, -0.25) is 4.79 Å². The zero-order valence-corrected chi connectivity index (χ0v) is 13.3. The molecule has 0 aromatic heterocycles. The Morgan fingerprint density at radius 3 is 2.50 bits per heavy atom. The molecule has 1 aromatic rings. The predicted molar refractivity (Wildman–Crippen MR) is 82.7 cm³/mol. The number of carbonyl (C=O) groups is 1. The molecule has 2 N–H and O–H groups in total. The van der Waals surface area contributed by atoms with Gasteiger partial charge in [0.2, 0.25) is 0 Å². The minimum Gasteiger partial charge on any atom is -0.468 e. The quantitative estimate of drug-likeness (QED) is 0.813. The third-order valence-corrected chi connectivity index (χ3v) is 4.24. The van der Waals surface area contributed by atoms with Crippen molar-refractivity contribution >= 4 is 5.97 Å². The molecule has 0 bridgehead atoms. The van der Waals surface area contributed by atoms with Gasteiger partial charge in [-0.05, 0) is 68.2 Å². The van der Waals surface area contributed by atoms with E-state index in [-0.39, 0.29) is 5.97 Å². The summed E-state index contributed by atoms with van der Waals surface area (Å²) in [6, 6.07) is 3.89. The highest BCUT2D eigenvalue weighted by Gasteiger charge is 2.17. The fourth-order valence-electron chi connectivity index (χ4n) is 2.48. The van der Waals surface area contributed by atoms with Crippen molar-refractivity contribution in [2.45, 2.75) is 53.0 Å². The van der Waals surface area contributed by atoms with Crippen LogP contribution in [0.25, 0.3) is 0 Å². The number of ether oxygens (including phenoxy) is 1. The van der Waals surface area contributed by atoms with Crippen LogP contribution in [0.4, 0.5) is 0 Å². The number of rotatable bonds is 6. The van der Waals surface area contributed by atoms with Crippen LogP contribution in [0.5, 0.6) is 0 Å². The summed E-state index contributed by atoms with van der Waals surface area (Å²) in [5, 5.41) is 0. The molecule has 2 atom stereocenters. The van der Waals surface area contributed by atoms with Crippen LogP contribution in [0.15, 0.2) is 12.1 Å². The lowest BCUT2D eigenvalue weighted by molar-refractivity contribution is -0.142. The van der Waals surface area contributed by atoms with Gasteiger partial charge in [-0.1, -0.05) is 19.1 Å². The van der Waals surface area contributed by atoms with E-state index in [2.05, 4.69) is 44.6 Å². The molecule has 0 amide bonds. The Kier molecular flexibility index (Phi) is 6.21. The number of benzene rings is 1. The van der Waals surface area contributed by atoms with E-state index in [1.807, 2.05) is 0 Å². The number of aryl methyl sites for hydroxylation is 2. The highest BCUT2D eigenvalue weighted by molar-refractivity contribution is 5.75. The van der Waals surface area contributed by atoms with Gasteiger partial charge in [0.25, 0.3) is 0 Å². The average molecular weight is 277 g/mol. The minimum atomic E-state index is -0.504. The minimum absolute atomic E-state index is 0.320. The molecular formula is C17H27NO2. The summed E-state index contributed by atoms with van der Waals surface area (Å²) in [6.45, 7) is 8.64. The van der Waals surface area contributed by atoms with Gasteiger partial charge in [0.05, 0.1) is 7.11 Å². The molecule has 112 valence electrons. The zero-order valence-electron chi connectivity index (χ0n) is 13.3. The fraction of sp³-hybridized carbons (Fsp3) is 0.588. The number of hydrogen-bond acceptors (Lipinski definition) is 3. The standard InChI is InChI=1S/C17H27NO2/c1-11(10-16(18)17(19)20-5)6-8-15-9-7-12(2)13(3)14(15)4/h7,9,11,16H,6,8,10,18H2,1-5H3. The van der Waals surface area contributed by atoms with E-state index in [0.29, 0.717) is 12.3 Å². The Morgan fingerprint density at radius 2 is 1.90 bits per heavy atom. The molecule has 0 fully saturated rings. The molecule has 0 heterocycles. The Bertz CT molecular complexity index is 468. The van der Waals surface area contributed by atoms with E-state index in [1.54, 1.807) is 0 Å². The summed E-state index contributed by atoms with van der Waals surface area (Å²) in [5.41, 5.74) is 11.3. The fourth-order valence-corrected chi connectivity index (χ4v) is 2.48. The van der Waals surface area contributed by atoms with E-state index < -0.39 is 6.04 Å². The highest BCUT2D eigenvalue weighted by Crippen LogP contribution is 2.21. The van der Waals surface area contributed by atoms with Crippen molar-refractivity contribution in [3.05, 3.63) is 34.4 Å². The van der Waals surface area contributed by atoms with Crippen LogP contribution in [0.3, 0.4) is 0 Å². The van der Waals surface area contributed by atoms with Gasteiger partial charge in [0, 0.05) is 0 Å². The molecule has 2 unspecified atom stereocenters. The maximum atomic E-state index is 11.3. The molecular weight excluding hydrogens is 250 g/mol. The molecule has 0 radical (unpaired) electrons. The van der Waals surface area contributed by atoms with E-state index >= 15 is 0 Å². The number of hydrogen-bond donors (Lipinski definition) is 1. The van der Waals surface area contributed by atoms with Crippen LogP contribution < -0.4 is 5.73 Å². The van der Waals surface area contributed by atoms with Crippen molar-refractivity contribution in [1.82, 2.24) is 0 Å². The summed E-state index contributed by atoms with van der Waals surface area (Å²) < 4.78 is 4.66. The zero-order chi connectivity index (χ0) is 15.3. The molecule has 0 spiro atoms. The lowest BCUT2D eigenvalue weighted by Crippen LogP contribution is -2.33. The lowest BCUT2D eigenvalue weighted by Gasteiger charge is -2.17. The highest BCUT2D eigenvalue weighted by atomic mass is 16.5. The van der Waals surface area contributed by atoms with E-state index in [9.17, 15) is 4.79 Å². The third kappa shape index (κ3) is 4.34. The van der Waals surface area contributed by atoms with Crippen molar-refractivity contribution in [2.24, 2.45) is 11.7 Å². The predicted octanol–water partition coefficient (Wildman–Crippen LogP) is 3.07. The van der Waals surface area contributed by atoms with Gasteiger partial charge in [0.1, 0.15) is 6.04 Å². The van der Waals surface area contributed by atoms with Gasteiger partial charge in [0.15, 0.2) is 0 Å². The van der Waals surface area contributed by atoms with Crippen molar-refractivity contribution in [1.29, 1.82) is 0 Å². The normalized spacial score (nSPS) is 13.9. The van der Waals surface area contributed by atoms with Crippen LogP contribution in [0, 0.1) is 26.7 Å². The van der Waals surface area contributed by atoms with Gasteiger partial charge in [-0.25, -0.2) is 0 Å². The van der Waals surface area contributed by atoms with Crippen molar-refractivity contribution in [3.8, 4) is 0 Å². The largest absolute Gasteiger partial charge is 0.468 e. The number of methoxy groups -OCH3 is 1. The first kappa shape index (κ1) is 16.7. The topological polar surface area (TPSA) is 52.3 Å². The maximum Gasteiger partial charge on any atom is 0.322 e. The molecule has 20 heavy (non-hydrogen) atoms. The molecule has 0 saturated heterocycles. The Hall–Kier alpha value is -1.35. The van der Waals surface area contributed by atoms with Gasteiger partial charge in [-0.15, -0.1) is 0 Å². The molecule has 0 saturated carbocycles. The molecule has 0 aliphatic heterocycles. The molecule has 3 nitrogen and oxygen atoms in total. The Balaban J connectivity index is 2.55. The second kappa shape index (κ2) is 7.44. The second-order valence-electron chi connectivity index (χ2n) is 5.80. The first-order valence-corrected chi connectivity index (χ1v) is 7.25. The monoisotopic (exact) mass is 277 g/mol. The van der Waals surface area contributed by atoms with E-state index in [4.69, 9.17) is 5.73 Å². The number of carbonyl (C=O) groups excluding carboxylic acids is 1. The van der Waals surface area contributed by atoms with Crippen molar-refractivity contribution in [3.63, 3.8) is 0 Å². The van der Waals surface area contributed by atoms with E-state index in [1.165, 1.54) is 29.4 Å². The van der Waals surface area contributed by atoms with Gasteiger partial charge >= 0.3 is 5.97 Å². The molecule has 1 rings (SSSR count). The van der Waals surface area contributed by atoms with Crippen LogP contribution >= 0.6 is 0 Å². The van der Waals surface area contributed by atoms with Crippen LogP contribution in [-0.2, 0) is 16.0 Å². The number of nitrogens with two attached hydrogens (primary N) is 1. The number of esters is 1. The third-order valence-electron chi connectivity index (χ3n) is 4.24. The first-order valence-electron chi connectivity index (χ1n) is 7.25. The molecule has 0 aliphatic carbocycles. The summed E-state index contributed by atoms with van der Waals surface area (Å²) in [6.07, 6.45) is 2.74. The van der Waals surface area contributed by atoms with Crippen molar-refractivity contribution in [2.75, 3.05) is 7.11 Å². The first-order chi connectivity index (χ1) is 9.36. The van der Waals surface area contributed by atoms with Gasteiger partial charge in [-0.2, -0.15) is 0 Å². The second-order valence-corrected chi connectivity index (χ2v) is 5.80. The Morgan fingerprint density at radius 1 is 1.25 bits per heavy atom. The van der Waals surface area contributed by atoms with Gasteiger partial charge < -0.3 is 10.5 Å². The molecule has 0 aliphatic rings.